The number of carbonyl (C=O) groups excluding carboxylic acids is 2. The van der Waals surface area contributed by atoms with Crippen molar-refractivity contribution in [2.24, 2.45) is 5.92 Å². The van der Waals surface area contributed by atoms with Crippen molar-refractivity contribution >= 4 is 29.2 Å². The van der Waals surface area contributed by atoms with Gasteiger partial charge in [-0.25, -0.2) is 4.98 Å². The smallest absolute Gasteiger partial charge is 0.230 e. The Balaban J connectivity index is 1.62. The van der Waals surface area contributed by atoms with Gasteiger partial charge in [0.2, 0.25) is 11.8 Å². The summed E-state index contributed by atoms with van der Waals surface area (Å²) in [4.78, 5) is 30.4. The topological polar surface area (TPSA) is 62.3 Å². The monoisotopic (exact) mass is 343 g/mol. The summed E-state index contributed by atoms with van der Waals surface area (Å²) in [6.07, 6.45) is 1.74. The van der Waals surface area contributed by atoms with Gasteiger partial charge in [0.25, 0.3) is 0 Å². The molecule has 1 aromatic carbocycles. The molecule has 1 fully saturated rings. The molecular weight excluding hydrogens is 326 g/mol. The molecule has 0 aliphatic carbocycles. The van der Waals surface area contributed by atoms with Crippen LogP contribution in [0.5, 0.6) is 0 Å². The second-order valence-electron chi connectivity index (χ2n) is 5.97. The highest BCUT2D eigenvalue weighted by atomic mass is 35.5. The van der Waals surface area contributed by atoms with E-state index in [9.17, 15) is 9.59 Å². The van der Waals surface area contributed by atoms with Crippen LogP contribution in [0.1, 0.15) is 17.5 Å². The van der Waals surface area contributed by atoms with E-state index in [0.29, 0.717) is 23.9 Å². The number of nitrogens with one attached hydrogen (secondary N) is 1. The summed E-state index contributed by atoms with van der Waals surface area (Å²) in [7, 11) is 0. The third kappa shape index (κ3) is 3.74. The molecule has 1 aliphatic heterocycles. The van der Waals surface area contributed by atoms with Gasteiger partial charge in [0, 0.05) is 25.7 Å². The largest absolute Gasteiger partial charge is 0.338 e. The van der Waals surface area contributed by atoms with Crippen LogP contribution in [0.25, 0.3) is 0 Å². The number of aromatic nitrogens is 1. The van der Waals surface area contributed by atoms with Gasteiger partial charge in [-0.2, -0.15) is 0 Å². The molecular formula is C18H18ClN3O2. The number of pyridine rings is 1. The normalized spacial score (nSPS) is 17.2. The first-order chi connectivity index (χ1) is 11.5. The number of amides is 2. The quantitative estimate of drug-likeness (QED) is 0.928. The van der Waals surface area contributed by atoms with Crippen LogP contribution in [0.4, 0.5) is 5.82 Å². The van der Waals surface area contributed by atoms with E-state index < -0.39 is 0 Å². The molecule has 5 nitrogen and oxygen atoms in total. The van der Waals surface area contributed by atoms with Crippen LogP contribution in [0, 0.1) is 12.8 Å². The molecule has 0 spiro atoms. The van der Waals surface area contributed by atoms with Crippen LogP contribution in [-0.2, 0) is 16.1 Å². The molecule has 6 heteroatoms. The van der Waals surface area contributed by atoms with E-state index in [4.69, 9.17) is 11.6 Å². The first-order valence-electron chi connectivity index (χ1n) is 7.77. The minimum atomic E-state index is -0.362. The Hall–Kier alpha value is -2.40. The van der Waals surface area contributed by atoms with E-state index in [1.54, 1.807) is 11.0 Å². The molecule has 1 aromatic heterocycles. The summed E-state index contributed by atoms with van der Waals surface area (Å²) in [5.41, 5.74) is 1.90. The summed E-state index contributed by atoms with van der Waals surface area (Å²) >= 11 is 5.93. The SMILES string of the molecule is Cc1cc(NC(=O)C2CC(=O)N(Cc3ccccc3)C2)ncc1Cl. The number of nitrogens with zero attached hydrogens (tertiary/aromatic N) is 2. The highest BCUT2D eigenvalue weighted by molar-refractivity contribution is 6.31. The van der Waals surface area contributed by atoms with Crippen molar-refractivity contribution in [2.75, 3.05) is 11.9 Å². The van der Waals surface area contributed by atoms with Gasteiger partial charge < -0.3 is 10.2 Å². The maximum atomic E-state index is 12.4. The molecule has 2 amide bonds. The predicted molar refractivity (Wildman–Crippen MR) is 92.6 cm³/mol. The molecule has 0 radical (unpaired) electrons. The van der Waals surface area contributed by atoms with E-state index >= 15 is 0 Å². The lowest BCUT2D eigenvalue weighted by Gasteiger charge is -2.16. The third-order valence-electron chi connectivity index (χ3n) is 4.10. The van der Waals surface area contributed by atoms with Crippen LogP contribution in [0.3, 0.4) is 0 Å². The number of halogens is 1. The Kier molecular flexibility index (Phi) is 4.81. The molecule has 124 valence electrons. The maximum absolute atomic E-state index is 12.4. The van der Waals surface area contributed by atoms with Gasteiger partial charge in [0.15, 0.2) is 0 Å². The van der Waals surface area contributed by atoms with Crippen molar-refractivity contribution in [1.82, 2.24) is 9.88 Å². The van der Waals surface area contributed by atoms with Gasteiger partial charge in [-0.3, -0.25) is 9.59 Å². The Morgan fingerprint density at radius 2 is 2.12 bits per heavy atom. The van der Waals surface area contributed by atoms with Crippen LogP contribution in [0.2, 0.25) is 5.02 Å². The second kappa shape index (κ2) is 7.01. The number of hydrogen-bond donors (Lipinski definition) is 1. The Labute approximate surface area is 145 Å². The van der Waals surface area contributed by atoms with Crippen molar-refractivity contribution in [3.8, 4) is 0 Å². The zero-order valence-corrected chi connectivity index (χ0v) is 14.1. The fraction of sp³-hybridized carbons (Fsp3) is 0.278. The summed E-state index contributed by atoms with van der Waals surface area (Å²) in [6, 6.07) is 11.5. The van der Waals surface area contributed by atoms with Crippen LogP contribution in [0.15, 0.2) is 42.6 Å². The standard InChI is InChI=1S/C18H18ClN3O2/c1-12-7-16(20-9-15(12)19)21-18(24)14-8-17(23)22(11-14)10-13-5-3-2-4-6-13/h2-7,9,14H,8,10-11H2,1H3,(H,20,21,24). The van der Waals surface area contributed by atoms with Crippen LogP contribution < -0.4 is 5.32 Å². The van der Waals surface area contributed by atoms with Gasteiger partial charge in [0.05, 0.1) is 10.9 Å². The summed E-state index contributed by atoms with van der Waals surface area (Å²) in [6.45, 7) is 2.80. The van der Waals surface area contributed by atoms with Crippen molar-refractivity contribution in [3.63, 3.8) is 0 Å². The molecule has 0 saturated carbocycles. The fourth-order valence-corrected chi connectivity index (χ4v) is 2.84. The zero-order valence-electron chi connectivity index (χ0n) is 13.3. The first kappa shape index (κ1) is 16.5. The second-order valence-corrected chi connectivity index (χ2v) is 6.38. The number of aryl methyl sites for hydroxylation is 1. The van der Waals surface area contributed by atoms with Crippen molar-refractivity contribution in [2.45, 2.75) is 19.9 Å². The lowest BCUT2D eigenvalue weighted by atomic mass is 10.1. The van der Waals surface area contributed by atoms with Crippen LogP contribution >= 0.6 is 11.6 Å². The van der Waals surface area contributed by atoms with Gasteiger partial charge >= 0.3 is 0 Å². The van der Waals surface area contributed by atoms with Crippen molar-refractivity contribution in [1.29, 1.82) is 0 Å². The number of hydrogen-bond acceptors (Lipinski definition) is 3. The molecule has 24 heavy (non-hydrogen) atoms. The summed E-state index contributed by atoms with van der Waals surface area (Å²) < 4.78 is 0. The molecule has 1 saturated heterocycles. The third-order valence-corrected chi connectivity index (χ3v) is 4.50. The average Bonchev–Trinajstić information content (AvgIpc) is 2.93. The Morgan fingerprint density at radius 3 is 2.83 bits per heavy atom. The van der Waals surface area contributed by atoms with E-state index in [1.807, 2.05) is 37.3 Å². The maximum Gasteiger partial charge on any atom is 0.230 e. The molecule has 2 heterocycles. The number of benzene rings is 1. The van der Waals surface area contributed by atoms with E-state index in [2.05, 4.69) is 10.3 Å². The highest BCUT2D eigenvalue weighted by Crippen LogP contribution is 2.22. The highest BCUT2D eigenvalue weighted by Gasteiger charge is 2.34. The van der Waals surface area contributed by atoms with Gasteiger partial charge in [-0.1, -0.05) is 41.9 Å². The molecule has 1 N–H and O–H groups in total. The Bertz CT molecular complexity index is 764. The van der Waals surface area contributed by atoms with Crippen molar-refractivity contribution < 1.29 is 9.59 Å². The fourth-order valence-electron chi connectivity index (χ4n) is 2.74. The molecule has 3 rings (SSSR count). The first-order valence-corrected chi connectivity index (χ1v) is 8.15. The van der Waals surface area contributed by atoms with E-state index in [0.717, 1.165) is 11.1 Å². The van der Waals surface area contributed by atoms with Crippen molar-refractivity contribution in [3.05, 3.63) is 58.7 Å². The minimum Gasteiger partial charge on any atom is -0.338 e. The van der Waals surface area contributed by atoms with E-state index in [1.165, 1.54) is 6.20 Å². The van der Waals surface area contributed by atoms with Gasteiger partial charge in [-0.15, -0.1) is 0 Å². The number of carbonyl (C=O) groups is 2. The molecule has 1 aliphatic rings. The van der Waals surface area contributed by atoms with E-state index in [-0.39, 0.29) is 24.2 Å². The molecule has 0 bridgehead atoms. The van der Waals surface area contributed by atoms with Gasteiger partial charge in [-0.05, 0) is 24.1 Å². The van der Waals surface area contributed by atoms with Crippen LogP contribution in [-0.4, -0.2) is 28.2 Å². The number of rotatable bonds is 4. The Morgan fingerprint density at radius 1 is 1.38 bits per heavy atom. The average molecular weight is 344 g/mol. The zero-order chi connectivity index (χ0) is 17.1. The molecule has 1 unspecified atom stereocenters. The summed E-state index contributed by atoms with van der Waals surface area (Å²) in [5, 5.41) is 3.32. The number of likely N-dealkylation sites (tertiary alicyclic amines) is 1. The number of anilines is 1. The summed E-state index contributed by atoms with van der Waals surface area (Å²) in [5.74, 6) is -0.0952. The lowest BCUT2D eigenvalue weighted by Crippen LogP contribution is -2.28. The van der Waals surface area contributed by atoms with Gasteiger partial charge in [0.1, 0.15) is 5.82 Å². The molecule has 2 aromatic rings. The lowest BCUT2D eigenvalue weighted by molar-refractivity contribution is -0.128. The predicted octanol–water partition coefficient (Wildman–Crippen LogP) is 3.03. The molecule has 1 atom stereocenters. The minimum absolute atomic E-state index is 0.000695.